The van der Waals surface area contributed by atoms with Gasteiger partial charge >= 0.3 is 5.97 Å². The lowest BCUT2D eigenvalue weighted by atomic mass is 9.85. The Kier molecular flexibility index (Phi) is 8.83. The molecular weight excluding hydrogens is 606 g/mol. The predicted molar refractivity (Wildman–Crippen MR) is 158 cm³/mol. The molecule has 246 valence electrons. The lowest BCUT2D eigenvalue weighted by Gasteiger charge is -2.38. The summed E-state index contributed by atoms with van der Waals surface area (Å²) < 4.78 is 35.6. The first-order valence-corrected chi connectivity index (χ1v) is 14.7. The number of aliphatic carboxylic acids is 1. The fraction of sp³-hybridized carbons (Fsp3) is 0.406. The zero-order valence-electron chi connectivity index (χ0n) is 24.9. The largest absolute Gasteiger partial charge is 0.508 e. The number of nitrogens with one attached hydrogen (secondary N) is 1. The maximum atomic E-state index is 11.6. The Hall–Kier alpha value is -4.31. The highest BCUT2D eigenvalue weighted by molar-refractivity contribution is 5.76. The van der Waals surface area contributed by atoms with E-state index in [1.165, 1.54) is 19.2 Å². The highest BCUT2D eigenvalue weighted by atomic mass is 16.7. The number of aliphatic hydroxyl groups excluding tert-OH is 4. The summed E-state index contributed by atoms with van der Waals surface area (Å²) in [5.41, 5.74) is 2.60. The standard InChI is InChI=1S/C32H35NO13/c1-14(34)11-33-13-43-21-7-6-18-20-12-42-22-10-17(44-32-26(38)24(36)25(37)30(46-32)31(39)40)9-19(15-4-3-5-16(35)8-15)23(22)27(20)45-28(18)29(21)41-2/h3-10,14,20,24-27,30,32-38H,11-13H2,1-2H3,(H,39,40)/t14-,20-,24-,25-,26+,27+,30-,32+/m0/s1. The van der Waals surface area contributed by atoms with Crippen LogP contribution < -0.4 is 29.0 Å². The molecule has 46 heavy (non-hydrogen) atoms. The third kappa shape index (κ3) is 5.86. The summed E-state index contributed by atoms with van der Waals surface area (Å²) in [7, 11) is 1.51. The molecule has 1 fully saturated rings. The second-order valence-electron chi connectivity index (χ2n) is 11.3. The van der Waals surface area contributed by atoms with Crippen LogP contribution in [-0.4, -0.2) is 100 Å². The summed E-state index contributed by atoms with van der Waals surface area (Å²) in [6.45, 7) is 2.35. The minimum Gasteiger partial charge on any atom is -0.508 e. The van der Waals surface area contributed by atoms with Crippen LogP contribution in [0.15, 0.2) is 48.5 Å². The molecular formula is C32H35NO13. The molecule has 0 saturated carbocycles. The van der Waals surface area contributed by atoms with Gasteiger partial charge in [0.1, 0.15) is 48.4 Å². The molecule has 0 amide bonds. The van der Waals surface area contributed by atoms with Crippen molar-refractivity contribution in [1.29, 1.82) is 0 Å². The average Bonchev–Trinajstić information content (AvgIpc) is 3.41. The lowest BCUT2D eigenvalue weighted by molar-refractivity contribution is -0.271. The molecule has 0 aromatic heterocycles. The van der Waals surface area contributed by atoms with E-state index in [4.69, 9.17) is 28.4 Å². The number of benzene rings is 3. The number of ether oxygens (including phenoxy) is 6. The first-order chi connectivity index (χ1) is 22.1. The molecule has 1 saturated heterocycles. The maximum absolute atomic E-state index is 11.6. The highest BCUT2D eigenvalue weighted by Gasteiger charge is 2.49. The van der Waals surface area contributed by atoms with Crippen molar-refractivity contribution < 1.29 is 63.9 Å². The van der Waals surface area contributed by atoms with Crippen molar-refractivity contribution >= 4 is 5.97 Å². The fourth-order valence-corrected chi connectivity index (χ4v) is 5.94. The van der Waals surface area contributed by atoms with Crippen LogP contribution in [0.1, 0.15) is 30.1 Å². The highest BCUT2D eigenvalue weighted by Crippen LogP contribution is 2.58. The second-order valence-corrected chi connectivity index (χ2v) is 11.3. The van der Waals surface area contributed by atoms with Crippen molar-refractivity contribution in [3.8, 4) is 45.6 Å². The van der Waals surface area contributed by atoms with E-state index in [0.717, 1.165) is 5.56 Å². The fourth-order valence-electron chi connectivity index (χ4n) is 5.94. The summed E-state index contributed by atoms with van der Waals surface area (Å²) in [5.74, 6) is -0.0124. The Morgan fingerprint density at radius 1 is 1.09 bits per heavy atom. The van der Waals surface area contributed by atoms with Crippen molar-refractivity contribution in [2.75, 3.05) is 27.0 Å². The van der Waals surface area contributed by atoms with Gasteiger partial charge in [-0.1, -0.05) is 18.2 Å². The number of phenols is 1. The van der Waals surface area contributed by atoms with E-state index >= 15 is 0 Å². The number of fused-ring (bicyclic) bond motifs is 5. The number of carboxylic acids is 1. The maximum Gasteiger partial charge on any atom is 0.335 e. The van der Waals surface area contributed by atoms with Crippen molar-refractivity contribution in [2.24, 2.45) is 0 Å². The van der Waals surface area contributed by atoms with Crippen LogP contribution in [0.5, 0.6) is 34.5 Å². The summed E-state index contributed by atoms with van der Waals surface area (Å²) >= 11 is 0. The molecule has 3 aliphatic heterocycles. The quantitative estimate of drug-likeness (QED) is 0.123. The number of methoxy groups -OCH3 is 1. The van der Waals surface area contributed by atoms with Gasteiger partial charge in [-0.15, -0.1) is 0 Å². The number of rotatable bonds is 10. The molecule has 3 aliphatic rings. The van der Waals surface area contributed by atoms with E-state index in [1.54, 1.807) is 37.3 Å². The molecule has 0 radical (unpaired) electrons. The van der Waals surface area contributed by atoms with Gasteiger partial charge < -0.3 is 59.1 Å². The van der Waals surface area contributed by atoms with Gasteiger partial charge in [-0.05, 0) is 42.3 Å². The number of carbonyl (C=O) groups is 1. The van der Waals surface area contributed by atoms with Crippen LogP contribution in [0.3, 0.4) is 0 Å². The van der Waals surface area contributed by atoms with Gasteiger partial charge in [0.25, 0.3) is 0 Å². The molecule has 8 atom stereocenters. The SMILES string of the molecule is COc1c(OCNC[C@H](C)O)ccc2c1O[C@H]1c3c(cc(O[C@@H]4O[C@H](C(=O)O)[C@@H](O)[C@H](O)[C@H]4O)cc3-c3cccc(O)c3)OC[C@@H]21. The summed E-state index contributed by atoms with van der Waals surface area (Å²) in [5, 5.41) is 63.2. The van der Waals surface area contributed by atoms with Crippen molar-refractivity contribution in [2.45, 2.75) is 55.8 Å². The topological polar surface area (TPSA) is 206 Å². The van der Waals surface area contributed by atoms with Crippen LogP contribution in [0.2, 0.25) is 0 Å². The first-order valence-electron chi connectivity index (χ1n) is 14.7. The van der Waals surface area contributed by atoms with E-state index in [0.29, 0.717) is 46.2 Å². The van der Waals surface area contributed by atoms with E-state index in [1.807, 2.05) is 6.07 Å². The minimum absolute atomic E-state index is 0.00147. The van der Waals surface area contributed by atoms with E-state index in [2.05, 4.69) is 5.32 Å². The van der Waals surface area contributed by atoms with Crippen LogP contribution >= 0.6 is 0 Å². The molecule has 3 aromatic carbocycles. The Morgan fingerprint density at radius 3 is 2.61 bits per heavy atom. The van der Waals surface area contributed by atoms with Gasteiger partial charge in [-0.25, -0.2) is 4.79 Å². The second kappa shape index (κ2) is 12.8. The van der Waals surface area contributed by atoms with Gasteiger partial charge in [0, 0.05) is 23.7 Å². The summed E-state index contributed by atoms with van der Waals surface area (Å²) in [6, 6.07) is 13.3. The Bertz CT molecular complexity index is 1600. The molecule has 14 nitrogen and oxygen atoms in total. The molecule has 6 rings (SSSR count). The molecule has 0 aliphatic carbocycles. The Balaban J connectivity index is 1.36. The number of aliphatic hydroxyl groups is 4. The van der Waals surface area contributed by atoms with Gasteiger partial charge in [-0.3, -0.25) is 5.32 Å². The Labute approximate surface area is 263 Å². The molecule has 7 N–H and O–H groups in total. The van der Waals surface area contributed by atoms with E-state index in [9.17, 15) is 35.4 Å². The first kappa shape index (κ1) is 31.7. The number of hydrogen-bond donors (Lipinski definition) is 7. The normalized spacial score (nSPS) is 26.9. The van der Waals surface area contributed by atoms with Crippen LogP contribution in [0, 0.1) is 0 Å². The Morgan fingerprint density at radius 2 is 1.89 bits per heavy atom. The molecule has 14 heteroatoms. The predicted octanol–water partition coefficient (Wildman–Crippen LogP) is 1.26. The van der Waals surface area contributed by atoms with Gasteiger partial charge in [0.2, 0.25) is 12.0 Å². The number of aromatic hydroxyl groups is 1. The number of hydrogen-bond acceptors (Lipinski definition) is 13. The number of phenolic OH excluding ortho intramolecular Hbond substituents is 1. The molecule has 0 bridgehead atoms. The average molecular weight is 642 g/mol. The van der Waals surface area contributed by atoms with Crippen LogP contribution in [0.25, 0.3) is 11.1 Å². The van der Waals surface area contributed by atoms with Crippen molar-refractivity contribution in [3.63, 3.8) is 0 Å². The van der Waals surface area contributed by atoms with Crippen molar-refractivity contribution in [1.82, 2.24) is 5.32 Å². The van der Waals surface area contributed by atoms with E-state index in [-0.39, 0.29) is 30.8 Å². The van der Waals surface area contributed by atoms with Crippen molar-refractivity contribution in [3.05, 3.63) is 59.7 Å². The van der Waals surface area contributed by atoms with E-state index < -0.39 is 48.9 Å². The van der Waals surface area contributed by atoms with Gasteiger partial charge in [0.15, 0.2) is 17.6 Å². The van der Waals surface area contributed by atoms with Gasteiger partial charge in [-0.2, -0.15) is 0 Å². The molecule has 3 aromatic rings. The van der Waals surface area contributed by atoms with Crippen LogP contribution in [0.4, 0.5) is 0 Å². The minimum atomic E-state index is -1.87. The third-order valence-corrected chi connectivity index (χ3v) is 8.13. The summed E-state index contributed by atoms with van der Waals surface area (Å²) in [6.07, 6.45) is -10.1. The molecule has 3 heterocycles. The molecule has 0 unspecified atom stereocenters. The summed E-state index contributed by atoms with van der Waals surface area (Å²) in [4.78, 5) is 11.6. The lowest BCUT2D eigenvalue weighted by Crippen LogP contribution is -2.61. The zero-order chi connectivity index (χ0) is 32.7. The number of carboxylic acid groups (broad SMARTS) is 1. The third-order valence-electron chi connectivity index (χ3n) is 8.13. The monoisotopic (exact) mass is 641 g/mol. The van der Waals surface area contributed by atoms with Gasteiger partial charge in [0.05, 0.1) is 25.7 Å². The molecule has 0 spiro atoms. The zero-order valence-corrected chi connectivity index (χ0v) is 24.9. The van der Waals surface area contributed by atoms with Crippen LogP contribution in [-0.2, 0) is 9.53 Å². The smallest absolute Gasteiger partial charge is 0.335 e.